The summed E-state index contributed by atoms with van der Waals surface area (Å²) < 4.78 is 5.31. The van der Waals surface area contributed by atoms with Gasteiger partial charge in [-0.2, -0.15) is 0 Å². The fourth-order valence-corrected chi connectivity index (χ4v) is 2.84. The number of hydrogen-bond donors (Lipinski definition) is 0. The fraction of sp³-hybridized carbons (Fsp3) is 0.529. The van der Waals surface area contributed by atoms with E-state index in [2.05, 4.69) is 4.90 Å². The number of hydrogen-bond acceptors (Lipinski definition) is 4. The molecule has 1 aliphatic rings. The summed E-state index contributed by atoms with van der Waals surface area (Å²) in [5.41, 5.74) is 0.843. The van der Waals surface area contributed by atoms with Gasteiger partial charge in [-0.15, -0.1) is 0 Å². The van der Waals surface area contributed by atoms with Crippen LogP contribution in [0.1, 0.15) is 5.56 Å². The van der Waals surface area contributed by atoms with Crippen LogP contribution >= 0.6 is 0 Å². The van der Waals surface area contributed by atoms with Crippen LogP contribution in [0.4, 0.5) is 0 Å². The van der Waals surface area contributed by atoms with Crippen molar-refractivity contribution < 1.29 is 14.3 Å². The van der Waals surface area contributed by atoms with Crippen LogP contribution in [0.25, 0.3) is 0 Å². The average molecular weight is 319 g/mol. The van der Waals surface area contributed by atoms with Crippen molar-refractivity contribution in [1.82, 2.24) is 14.7 Å². The quantitative estimate of drug-likeness (QED) is 0.809. The van der Waals surface area contributed by atoms with E-state index >= 15 is 0 Å². The smallest absolute Gasteiger partial charge is 0.246 e. The Morgan fingerprint density at radius 3 is 2.61 bits per heavy atom. The summed E-state index contributed by atoms with van der Waals surface area (Å²) in [5, 5.41) is 0. The molecule has 0 saturated carbocycles. The second-order valence-electron chi connectivity index (χ2n) is 6.09. The molecule has 1 atom stereocenters. The highest BCUT2D eigenvalue weighted by Crippen LogP contribution is 2.20. The van der Waals surface area contributed by atoms with Gasteiger partial charge in [0.2, 0.25) is 11.8 Å². The number of para-hydroxylation sites is 1. The molecule has 23 heavy (non-hydrogen) atoms. The number of carbonyl (C=O) groups excluding carboxylic acids is 2. The van der Waals surface area contributed by atoms with Crippen molar-refractivity contribution in [2.24, 2.45) is 0 Å². The molecule has 2 rings (SSSR count). The van der Waals surface area contributed by atoms with Crippen molar-refractivity contribution in [3.8, 4) is 5.75 Å². The standard InChI is InChI=1S/C17H25N3O3/c1-18(2)17(22)14-12-19(3)9-10-20(14)16(21)11-13-7-5-6-8-15(13)23-4/h5-8,14H,9-12H2,1-4H3. The number of likely N-dealkylation sites (N-methyl/N-ethyl adjacent to an activating group) is 2. The highest BCUT2D eigenvalue weighted by Gasteiger charge is 2.35. The molecule has 1 fully saturated rings. The van der Waals surface area contributed by atoms with E-state index in [1.165, 1.54) is 0 Å². The third-order valence-electron chi connectivity index (χ3n) is 4.16. The highest BCUT2D eigenvalue weighted by atomic mass is 16.5. The molecule has 1 aromatic rings. The Morgan fingerprint density at radius 2 is 1.96 bits per heavy atom. The zero-order valence-corrected chi connectivity index (χ0v) is 14.3. The van der Waals surface area contributed by atoms with E-state index in [0.29, 0.717) is 18.8 Å². The van der Waals surface area contributed by atoms with Crippen molar-refractivity contribution in [2.45, 2.75) is 12.5 Å². The summed E-state index contributed by atoms with van der Waals surface area (Å²) >= 11 is 0. The van der Waals surface area contributed by atoms with Crippen LogP contribution in [-0.4, -0.2) is 80.4 Å². The molecule has 6 nitrogen and oxygen atoms in total. The first-order valence-corrected chi connectivity index (χ1v) is 7.75. The fourth-order valence-electron chi connectivity index (χ4n) is 2.84. The molecule has 0 radical (unpaired) electrons. The van der Waals surface area contributed by atoms with E-state index in [9.17, 15) is 9.59 Å². The van der Waals surface area contributed by atoms with E-state index in [1.54, 1.807) is 31.0 Å². The normalized spacial score (nSPS) is 18.6. The summed E-state index contributed by atoms with van der Waals surface area (Å²) in [4.78, 5) is 30.5. The first-order chi connectivity index (χ1) is 10.9. The first-order valence-electron chi connectivity index (χ1n) is 7.75. The van der Waals surface area contributed by atoms with Gasteiger partial charge < -0.3 is 19.4 Å². The first kappa shape index (κ1) is 17.3. The van der Waals surface area contributed by atoms with Crippen molar-refractivity contribution in [1.29, 1.82) is 0 Å². The molecule has 6 heteroatoms. The minimum absolute atomic E-state index is 0.0371. The SMILES string of the molecule is COc1ccccc1CC(=O)N1CCN(C)CC1C(=O)N(C)C. The lowest BCUT2D eigenvalue weighted by Crippen LogP contribution is -2.59. The zero-order chi connectivity index (χ0) is 17.0. The summed E-state index contributed by atoms with van der Waals surface area (Å²) in [7, 11) is 7.01. The number of ether oxygens (including phenoxy) is 1. The molecule has 2 amide bonds. The minimum Gasteiger partial charge on any atom is -0.496 e. The van der Waals surface area contributed by atoms with Crippen molar-refractivity contribution in [3.05, 3.63) is 29.8 Å². The summed E-state index contributed by atoms with van der Waals surface area (Å²) in [6.45, 7) is 1.90. The number of piperazine rings is 1. The van der Waals surface area contributed by atoms with Crippen molar-refractivity contribution in [3.63, 3.8) is 0 Å². The second-order valence-corrected chi connectivity index (χ2v) is 6.09. The van der Waals surface area contributed by atoms with Crippen LogP contribution in [0.15, 0.2) is 24.3 Å². The molecule has 126 valence electrons. The predicted molar refractivity (Wildman–Crippen MR) is 88.4 cm³/mol. The largest absolute Gasteiger partial charge is 0.496 e. The molecular weight excluding hydrogens is 294 g/mol. The monoisotopic (exact) mass is 319 g/mol. The Bertz CT molecular complexity index is 574. The Hall–Kier alpha value is -2.08. The number of carbonyl (C=O) groups is 2. The maximum atomic E-state index is 12.8. The summed E-state index contributed by atoms with van der Waals surface area (Å²) in [6.07, 6.45) is 0.241. The van der Waals surface area contributed by atoms with Crippen LogP contribution in [0.3, 0.4) is 0 Å². The third-order valence-corrected chi connectivity index (χ3v) is 4.16. The average Bonchev–Trinajstić information content (AvgIpc) is 2.54. The molecule has 1 aliphatic heterocycles. The van der Waals surface area contributed by atoms with Gasteiger partial charge in [-0.05, 0) is 13.1 Å². The van der Waals surface area contributed by atoms with E-state index in [1.807, 2.05) is 31.3 Å². The molecule has 0 bridgehead atoms. The molecule has 0 aliphatic carbocycles. The molecule has 1 aromatic carbocycles. The predicted octanol–water partition coefficient (Wildman–Crippen LogP) is 0.469. The highest BCUT2D eigenvalue weighted by molar-refractivity contribution is 5.89. The van der Waals surface area contributed by atoms with E-state index in [-0.39, 0.29) is 18.2 Å². The summed E-state index contributed by atoms with van der Waals surface area (Å²) in [5.74, 6) is 0.623. The van der Waals surface area contributed by atoms with E-state index in [0.717, 1.165) is 12.1 Å². The molecule has 1 unspecified atom stereocenters. The number of benzene rings is 1. The number of nitrogens with zero attached hydrogens (tertiary/aromatic N) is 3. The Labute approximate surface area is 137 Å². The van der Waals surface area contributed by atoms with Crippen molar-refractivity contribution in [2.75, 3.05) is 47.9 Å². The molecule has 0 spiro atoms. The molecule has 1 saturated heterocycles. The number of rotatable bonds is 4. The van der Waals surface area contributed by atoms with Crippen LogP contribution < -0.4 is 4.74 Å². The van der Waals surface area contributed by atoms with Gasteiger partial charge in [-0.25, -0.2) is 0 Å². The molecule has 1 heterocycles. The molecule has 0 aromatic heterocycles. The van der Waals surface area contributed by atoms with Crippen molar-refractivity contribution >= 4 is 11.8 Å². The minimum atomic E-state index is -0.425. The Balaban J connectivity index is 2.16. The lowest BCUT2D eigenvalue weighted by molar-refractivity contribution is -0.147. The van der Waals surface area contributed by atoms with Gasteiger partial charge in [-0.3, -0.25) is 9.59 Å². The number of amides is 2. The Morgan fingerprint density at radius 1 is 1.26 bits per heavy atom. The lowest BCUT2D eigenvalue weighted by atomic mass is 10.1. The van der Waals surface area contributed by atoms with Crippen LogP contribution in [0.5, 0.6) is 5.75 Å². The van der Waals surface area contributed by atoms with E-state index in [4.69, 9.17) is 4.74 Å². The van der Waals surface area contributed by atoms with Crippen LogP contribution in [-0.2, 0) is 16.0 Å². The maximum absolute atomic E-state index is 12.8. The van der Waals surface area contributed by atoms with Crippen LogP contribution in [0.2, 0.25) is 0 Å². The third kappa shape index (κ3) is 4.01. The van der Waals surface area contributed by atoms with Gasteiger partial charge in [0, 0.05) is 39.3 Å². The van der Waals surface area contributed by atoms with Gasteiger partial charge in [0.15, 0.2) is 0 Å². The number of methoxy groups -OCH3 is 1. The van der Waals surface area contributed by atoms with Gasteiger partial charge in [0.05, 0.1) is 13.5 Å². The lowest BCUT2D eigenvalue weighted by Gasteiger charge is -2.40. The maximum Gasteiger partial charge on any atom is 0.246 e. The van der Waals surface area contributed by atoms with Gasteiger partial charge >= 0.3 is 0 Å². The van der Waals surface area contributed by atoms with E-state index < -0.39 is 6.04 Å². The Kier molecular flexibility index (Phi) is 5.60. The topological polar surface area (TPSA) is 53.1 Å². The second kappa shape index (κ2) is 7.46. The van der Waals surface area contributed by atoms with Gasteiger partial charge in [-0.1, -0.05) is 18.2 Å². The zero-order valence-electron chi connectivity index (χ0n) is 14.3. The van der Waals surface area contributed by atoms with Gasteiger partial charge in [0.25, 0.3) is 0 Å². The molecule has 0 N–H and O–H groups in total. The van der Waals surface area contributed by atoms with Crippen LogP contribution in [0, 0.1) is 0 Å². The summed E-state index contributed by atoms with van der Waals surface area (Å²) in [6, 6.07) is 7.06. The molecular formula is C17H25N3O3. The van der Waals surface area contributed by atoms with Gasteiger partial charge in [0.1, 0.15) is 11.8 Å².